The summed E-state index contributed by atoms with van der Waals surface area (Å²) in [5.74, 6) is 0.188. The van der Waals surface area contributed by atoms with Gasteiger partial charge in [-0.3, -0.25) is 0 Å². The van der Waals surface area contributed by atoms with Gasteiger partial charge < -0.3 is 14.6 Å². The van der Waals surface area contributed by atoms with Gasteiger partial charge in [0.05, 0.1) is 12.4 Å². The minimum atomic E-state index is -1.79. The van der Waals surface area contributed by atoms with E-state index in [1.807, 2.05) is 36.1 Å². The van der Waals surface area contributed by atoms with E-state index in [0.29, 0.717) is 13.1 Å². The van der Waals surface area contributed by atoms with Crippen LogP contribution in [0.4, 0.5) is 5.69 Å². The lowest BCUT2D eigenvalue weighted by atomic mass is 10.2. The molecule has 1 atom stereocenters. The van der Waals surface area contributed by atoms with Crippen LogP contribution in [0.3, 0.4) is 0 Å². The molecule has 0 saturated carbocycles. The number of hydrogen-bond donors (Lipinski definition) is 2. The van der Waals surface area contributed by atoms with Crippen LogP contribution in [-0.4, -0.2) is 39.3 Å². The molecule has 2 N–H and O–H groups in total. The molecule has 0 amide bonds. The van der Waals surface area contributed by atoms with Crippen LogP contribution in [0.1, 0.15) is 5.56 Å². The first-order valence-electron chi connectivity index (χ1n) is 5.13. The molecule has 0 aromatic heterocycles. The van der Waals surface area contributed by atoms with E-state index in [1.165, 1.54) is 5.56 Å². The Balaban J connectivity index is 2.68. The second-order valence-electron chi connectivity index (χ2n) is 3.57. The summed E-state index contributed by atoms with van der Waals surface area (Å²) in [6, 6.07) is 7.86. The zero-order valence-electron chi connectivity index (χ0n) is 9.30. The Kier molecular flexibility index (Phi) is 5.45. The van der Waals surface area contributed by atoms with Crippen LogP contribution >= 0.6 is 0 Å². The van der Waals surface area contributed by atoms with Gasteiger partial charge in [-0.15, -0.1) is 0 Å². The van der Waals surface area contributed by atoms with Crippen LogP contribution in [0, 0.1) is 6.92 Å². The van der Waals surface area contributed by atoms with Crippen LogP contribution in [0.25, 0.3) is 0 Å². The Hall–Kier alpha value is -0.910. The fourth-order valence-corrected chi connectivity index (χ4v) is 1.81. The molecule has 90 valence electrons. The Morgan fingerprint density at radius 3 is 2.38 bits per heavy atom. The lowest BCUT2D eigenvalue weighted by Gasteiger charge is -2.23. The van der Waals surface area contributed by atoms with Crippen molar-refractivity contribution in [2.45, 2.75) is 6.92 Å². The molecule has 0 saturated heterocycles. The molecule has 0 aliphatic rings. The monoisotopic (exact) mass is 243 g/mol. The Bertz CT molecular complexity index is 340. The van der Waals surface area contributed by atoms with Crippen LogP contribution in [0.15, 0.2) is 24.3 Å². The van der Waals surface area contributed by atoms with Gasteiger partial charge in [0, 0.05) is 18.8 Å². The highest BCUT2D eigenvalue weighted by Gasteiger charge is 2.06. The van der Waals surface area contributed by atoms with E-state index >= 15 is 0 Å². The maximum Gasteiger partial charge on any atom is 0.154 e. The van der Waals surface area contributed by atoms with Gasteiger partial charge in [0.2, 0.25) is 0 Å². The van der Waals surface area contributed by atoms with E-state index in [2.05, 4.69) is 0 Å². The predicted molar refractivity (Wildman–Crippen MR) is 66.1 cm³/mol. The third-order valence-electron chi connectivity index (χ3n) is 2.30. The lowest BCUT2D eigenvalue weighted by Crippen LogP contribution is -2.30. The molecule has 0 bridgehead atoms. The van der Waals surface area contributed by atoms with Gasteiger partial charge in [-0.2, -0.15) is 0 Å². The molecule has 1 aromatic carbocycles. The first kappa shape index (κ1) is 13.2. The van der Waals surface area contributed by atoms with Crippen molar-refractivity contribution in [3.8, 4) is 0 Å². The number of rotatable bonds is 6. The van der Waals surface area contributed by atoms with Crippen molar-refractivity contribution in [1.29, 1.82) is 0 Å². The molecular formula is C11H17NO3S. The summed E-state index contributed by atoms with van der Waals surface area (Å²) in [5, 5.41) is 8.94. The summed E-state index contributed by atoms with van der Waals surface area (Å²) < 4.78 is 19.4. The highest BCUT2D eigenvalue weighted by atomic mass is 32.2. The third kappa shape index (κ3) is 4.30. The summed E-state index contributed by atoms with van der Waals surface area (Å²) in [5.41, 5.74) is 2.13. The number of aryl methyl sites for hydroxylation is 1. The van der Waals surface area contributed by atoms with E-state index in [4.69, 9.17) is 9.66 Å². The van der Waals surface area contributed by atoms with E-state index < -0.39 is 11.1 Å². The molecule has 4 nitrogen and oxygen atoms in total. The Morgan fingerprint density at radius 2 is 1.88 bits per heavy atom. The number of benzene rings is 1. The second kappa shape index (κ2) is 6.62. The average molecular weight is 243 g/mol. The minimum absolute atomic E-state index is 0.0337. The molecule has 0 aliphatic heterocycles. The normalized spacial score (nSPS) is 12.4. The third-order valence-corrected chi connectivity index (χ3v) is 2.84. The molecule has 0 fully saturated rings. The van der Waals surface area contributed by atoms with E-state index in [0.717, 1.165) is 5.69 Å². The highest BCUT2D eigenvalue weighted by molar-refractivity contribution is 7.79. The molecule has 1 aromatic rings. The van der Waals surface area contributed by atoms with Crippen molar-refractivity contribution in [1.82, 2.24) is 0 Å². The first-order valence-corrected chi connectivity index (χ1v) is 6.41. The average Bonchev–Trinajstić information content (AvgIpc) is 2.25. The Labute approximate surface area is 98.2 Å². The van der Waals surface area contributed by atoms with Crippen molar-refractivity contribution in [3.05, 3.63) is 29.8 Å². The van der Waals surface area contributed by atoms with E-state index in [1.54, 1.807) is 0 Å². The summed E-state index contributed by atoms with van der Waals surface area (Å²) >= 11 is -1.79. The zero-order valence-corrected chi connectivity index (χ0v) is 10.1. The maximum absolute atomic E-state index is 10.6. The van der Waals surface area contributed by atoms with Gasteiger partial charge in [0.15, 0.2) is 11.1 Å². The van der Waals surface area contributed by atoms with Gasteiger partial charge in [-0.05, 0) is 19.1 Å². The van der Waals surface area contributed by atoms with Crippen molar-refractivity contribution >= 4 is 16.8 Å². The molecule has 5 heteroatoms. The molecule has 0 radical (unpaired) electrons. The summed E-state index contributed by atoms with van der Waals surface area (Å²) in [6.07, 6.45) is 0. The summed E-state index contributed by atoms with van der Waals surface area (Å²) in [7, 11) is 0. The molecule has 1 unspecified atom stereocenters. The molecule has 0 spiro atoms. The fraction of sp³-hybridized carbons (Fsp3) is 0.455. The molecule has 0 heterocycles. The van der Waals surface area contributed by atoms with Crippen LogP contribution in [0.5, 0.6) is 0 Å². The van der Waals surface area contributed by atoms with Crippen molar-refractivity contribution < 1.29 is 13.9 Å². The number of anilines is 1. The maximum atomic E-state index is 10.6. The topological polar surface area (TPSA) is 60.8 Å². The van der Waals surface area contributed by atoms with Crippen LogP contribution in [-0.2, 0) is 11.1 Å². The van der Waals surface area contributed by atoms with Gasteiger partial charge in [0.25, 0.3) is 0 Å². The highest BCUT2D eigenvalue weighted by Crippen LogP contribution is 2.14. The smallest absolute Gasteiger partial charge is 0.154 e. The molecule has 0 aliphatic carbocycles. The van der Waals surface area contributed by atoms with Gasteiger partial charge in [0.1, 0.15) is 0 Å². The van der Waals surface area contributed by atoms with Crippen molar-refractivity contribution in [3.63, 3.8) is 0 Å². The quantitative estimate of drug-likeness (QED) is 0.732. The van der Waals surface area contributed by atoms with Gasteiger partial charge >= 0.3 is 0 Å². The van der Waals surface area contributed by atoms with Gasteiger partial charge in [-0.25, -0.2) is 4.21 Å². The standard InChI is InChI=1S/C11H17NO3S/c1-10-2-4-11(5-3-10)12(6-8-13)7-9-16(14)15/h2-5,13H,6-9H2,1H3,(H,14,15). The van der Waals surface area contributed by atoms with Crippen molar-refractivity contribution in [2.75, 3.05) is 30.3 Å². The number of aliphatic hydroxyl groups is 1. The number of aliphatic hydroxyl groups excluding tert-OH is 1. The summed E-state index contributed by atoms with van der Waals surface area (Å²) in [6.45, 7) is 2.97. The number of hydrogen-bond acceptors (Lipinski definition) is 3. The zero-order chi connectivity index (χ0) is 12.0. The summed E-state index contributed by atoms with van der Waals surface area (Å²) in [4.78, 5) is 1.90. The Morgan fingerprint density at radius 1 is 1.25 bits per heavy atom. The number of nitrogens with zero attached hydrogens (tertiary/aromatic N) is 1. The SMILES string of the molecule is Cc1ccc(N(CCO)CCS(=O)O)cc1. The molecule has 16 heavy (non-hydrogen) atoms. The molecular weight excluding hydrogens is 226 g/mol. The van der Waals surface area contributed by atoms with Crippen LogP contribution < -0.4 is 4.90 Å². The van der Waals surface area contributed by atoms with Gasteiger partial charge in [-0.1, -0.05) is 17.7 Å². The molecule has 1 rings (SSSR count). The predicted octanol–water partition coefficient (Wildman–Crippen LogP) is 1.02. The second-order valence-corrected chi connectivity index (χ2v) is 4.62. The van der Waals surface area contributed by atoms with Crippen LogP contribution in [0.2, 0.25) is 0 Å². The van der Waals surface area contributed by atoms with Crippen molar-refractivity contribution in [2.24, 2.45) is 0 Å². The first-order chi connectivity index (χ1) is 7.63. The fourth-order valence-electron chi connectivity index (χ4n) is 1.43. The van der Waals surface area contributed by atoms with E-state index in [9.17, 15) is 4.21 Å². The van der Waals surface area contributed by atoms with E-state index in [-0.39, 0.29) is 12.4 Å². The largest absolute Gasteiger partial charge is 0.395 e. The minimum Gasteiger partial charge on any atom is -0.395 e. The lowest BCUT2D eigenvalue weighted by molar-refractivity contribution is 0.302.